The molecule has 1 amide bonds. The summed E-state index contributed by atoms with van der Waals surface area (Å²) in [6, 6.07) is 13.0. The van der Waals surface area contributed by atoms with Crippen molar-refractivity contribution < 1.29 is 4.79 Å². The highest BCUT2D eigenvalue weighted by Crippen LogP contribution is 2.23. The number of carbonyl (C=O) groups excluding carboxylic acids is 1. The molecule has 0 aliphatic heterocycles. The zero-order valence-corrected chi connectivity index (χ0v) is 19.3. The predicted octanol–water partition coefficient (Wildman–Crippen LogP) is 4.18. The third kappa shape index (κ3) is 6.86. The van der Waals surface area contributed by atoms with E-state index in [1.165, 1.54) is 0 Å². The molecule has 5 nitrogen and oxygen atoms in total. The van der Waals surface area contributed by atoms with Crippen LogP contribution in [-0.4, -0.2) is 37.9 Å². The number of nitrogens with one attached hydrogen (secondary N) is 2. The van der Waals surface area contributed by atoms with Gasteiger partial charge in [-0.05, 0) is 35.4 Å². The summed E-state index contributed by atoms with van der Waals surface area (Å²) in [6.07, 6.45) is 0. The van der Waals surface area contributed by atoms with Gasteiger partial charge in [0.15, 0.2) is 5.96 Å². The van der Waals surface area contributed by atoms with Gasteiger partial charge in [0.05, 0.1) is 10.0 Å². The minimum atomic E-state index is -0.0957. The van der Waals surface area contributed by atoms with Crippen LogP contribution in [0.1, 0.15) is 21.5 Å². The van der Waals surface area contributed by atoms with Crippen molar-refractivity contribution in [3.05, 3.63) is 69.2 Å². The molecule has 2 rings (SSSR count). The molecule has 0 radical (unpaired) electrons. The Morgan fingerprint density at radius 3 is 2.26 bits per heavy atom. The average Bonchev–Trinajstić information content (AvgIpc) is 2.65. The highest BCUT2D eigenvalue weighted by Gasteiger charge is 2.08. The van der Waals surface area contributed by atoms with Crippen molar-refractivity contribution in [3.8, 4) is 0 Å². The van der Waals surface area contributed by atoms with Crippen molar-refractivity contribution in [2.24, 2.45) is 4.99 Å². The van der Waals surface area contributed by atoms with Crippen LogP contribution in [0.3, 0.4) is 0 Å². The lowest BCUT2D eigenvalue weighted by atomic mass is 10.1. The van der Waals surface area contributed by atoms with E-state index in [0.717, 1.165) is 17.1 Å². The number of halogens is 3. The van der Waals surface area contributed by atoms with Crippen LogP contribution in [0.5, 0.6) is 0 Å². The summed E-state index contributed by atoms with van der Waals surface area (Å²) in [6.45, 7) is 1.25. The number of rotatable bonds is 5. The van der Waals surface area contributed by atoms with Gasteiger partial charge in [-0.25, -0.2) is 0 Å². The molecule has 0 spiro atoms. The molecule has 0 atom stereocenters. The Hall–Kier alpha value is -1.51. The Morgan fingerprint density at radius 2 is 1.70 bits per heavy atom. The topological polar surface area (TPSA) is 56.7 Å². The SMILES string of the molecule is CN=C(NCc1ccc(C(=O)NC)cc1)N(C)Cc1ccc(Cl)c(Cl)c1.I. The third-order valence-electron chi connectivity index (χ3n) is 3.87. The zero-order valence-electron chi connectivity index (χ0n) is 15.4. The molecule has 0 aliphatic rings. The average molecular weight is 521 g/mol. The lowest BCUT2D eigenvalue weighted by molar-refractivity contribution is 0.0963. The van der Waals surface area contributed by atoms with Gasteiger partial charge >= 0.3 is 0 Å². The maximum Gasteiger partial charge on any atom is 0.251 e. The Bertz CT molecular complexity index is 797. The first-order valence-electron chi connectivity index (χ1n) is 8.11. The lowest BCUT2D eigenvalue weighted by Gasteiger charge is -2.22. The van der Waals surface area contributed by atoms with Crippen LogP contribution in [0.25, 0.3) is 0 Å². The van der Waals surface area contributed by atoms with Gasteiger partial charge in [0, 0.05) is 39.8 Å². The second-order valence-electron chi connectivity index (χ2n) is 5.78. The summed E-state index contributed by atoms with van der Waals surface area (Å²) in [4.78, 5) is 17.9. The quantitative estimate of drug-likeness (QED) is 0.353. The van der Waals surface area contributed by atoms with Crippen LogP contribution < -0.4 is 10.6 Å². The number of amides is 1. The fourth-order valence-electron chi connectivity index (χ4n) is 2.47. The van der Waals surface area contributed by atoms with E-state index in [-0.39, 0.29) is 29.9 Å². The molecular formula is C19H23Cl2IN4O. The van der Waals surface area contributed by atoms with Crippen LogP contribution in [0.15, 0.2) is 47.5 Å². The number of carbonyl (C=O) groups is 1. The molecule has 0 heterocycles. The summed E-state index contributed by atoms with van der Waals surface area (Å²) in [7, 11) is 5.31. The minimum absolute atomic E-state index is 0. The first-order chi connectivity index (χ1) is 12.4. The van der Waals surface area contributed by atoms with E-state index >= 15 is 0 Å². The normalized spacial score (nSPS) is 10.8. The van der Waals surface area contributed by atoms with Gasteiger partial charge in [0.2, 0.25) is 0 Å². The van der Waals surface area contributed by atoms with Gasteiger partial charge in [-0.15, -0.1) is 24.0 Å². The van der Waals surface area contributed by atoms with Crippen LogP contribution in [0.4, 0.5) is 0 Å². The number of hydrogen-bond donors (Lipinski definition) is 2. The van der Waals surface area contributed by atoms with Crippen molar-refractivity contribution in [2.45, 2.75) is 13.1 Å². The number of guanidine groups is 1. The number of hydrogen-bond acceptors (Lipinski definition) is 2. The molecule has 0 saturated heterocycles. The first-order valence-corrected chi connectivity index (χ1v) is 8.87. The summed E-state index contributed by atoms with van der Waals surface area (Å²) < 4.78 is 0. The van der Waals surface area contributed by atoms with Gasteiger partial charge in [0.25, 0.3) is 5.91 Å². The molecule has 8 heteroatoms. The molecule has 2 N–H and O–H groups in total. The fourth-order valence-corrected chi connectivity index (χ4v) is 2.79. The number of aliphatic imine (C=N–C) groups is 1. The first kappa shape index (κ1) is 23.5. The minimum Gasteiger partial charge on any atom is -0.355 e. The van der Waals surface area contributed by atoms with E-state index in [4.69, 9.17) is 23.2 Å². The van der Waals surface area contributed by atoms with Gasteiger partial charge in [-0.3, -0.25) is 9.79 Å². The van der Waals surface area contributed by atoms with E-state index in [1.54, 1.807) is 32.3 Å². The maximum absolute atomic E-state index is 11.6. The van der Waals surface area contributed by atoms with Gasteiger partial charge in [-0.2, -0.15) is 0 Å². The lowest BCUT2D eigenvalue weighted by Crippen LogP contribution is -2.38. The number of benzene rings is 2. The van der Waals surface area contributed by atoms with Crippen molar-refractivity contribution >= 4 is 59.0 Å². The molecule has 0 bridgehead atoms. The Balaban J connectivity index is 0.00000364. The summed E-state index contributed by atoms with van der Waals surface area (Å²) in [5.74, 6) is 0.660. The molecular weight excluding hydrogens is 498 g/mol. The third-order valence-corrected chi connectivity index (χ3v) is 4.61. The van der Waals surface area contributed by atoms with E-state index in [0.29, 0.717) is 28.7 Å². The molecule has 0 fully saturated rings. The smallest absolute Gasteiger partial charge is 0.251 e. The van der Waals surface area contributed by atoms with E-state index in [1.807, 2.05) is 36.2 Å². The summed E-state index contributed by atoms with van der Waals surface area (Å²) in [5, 5.41) is 7.00. The van der Waals surface area contributed by atoms with Gasteiger partial charge in [0.1, 0.15) is 0 Å². The highest BCUT2D eigenvalue weighted by atomic mass is 127. The molecule has 0 saturated carbocycles. The van der Waals surface area contributed by atoms with Gasteiger partial charge in [-0.1, -0.05) is 41.4 Å². The Kier molecular flexibility index (Phi) is 9.90. The standard InChI is InChI=1S/C19H22Cl2N4O.HI/c1-22-18(26)15-7-4-13(5-8-15)11-24-19(23-2)25(3)12-14-6-9-16(20)17(21)10-14;/h4-10H,11-12H2,1-3H3,(H,22,26)(H,23,24);1H. The molecule has 0 aromatic heterocycles. The summed E-state index contributed by atoms with van der Waals surface area (Å²) >= 11 is 12.0. The molecule has 27 heavy (non-hydrogen) atoms. The van der Waals surface area contributed by atoms with Crippen molar-refractivity contribution in [1.29, 1.82) is 0 Å². The Morgan fingerprint density at radius 1 is 1.07 bits per heavy atom. The van der Waals surface area contributed by atoms with Crippen molar-refractivity contribution in [1.82, 2.24) is 15.5 Å². The fraction of sp³-hybridized carbons (Fsp3) is 0.263. The van der Waals surface area contributed by atoms with Crippen LogP contribution in [0.2, 0.25) is 10.0 Å². The molecule has 2 aromatic carbocycles. The molecule has 146 valence electrons. The van der Waals surface area contributed by atoms with Crippen LogP contribution >= 0.6 is 47.2 Å². The van der Waals surface area contributed by atoms with Crippen LogP contribution in [-0.2, 0) is 13.1 Å². The zero-order chi connectivity index (χ0) is 19.1. The molecule has 2 aromatic rings. The van der Waals surface area contributed by atoms with E-state index in [2.05, 4.69) is 15.6 Å². The Labute approximate surface area is 187 Å². The molecule has 0 unspecified atom stereocenters. The van der Waals surface area contributed by atoms with E-state index < -0.39 is 0 Å². The van der Waals surface area contributed by atoms with Crippen molar-refractivity contribution in [2.75, 3.05) is 21.1 Å². The number of nitrogens with zero attached hydrogens (tertiary/aromatic N) is 2. The van der Waals surface area contributed by atoms with Crippen molar-refractivity contribution in [3.63, 3.8) is 0 Å². The predicted molar refractivity (Wildman–Crippen MR) is 123 cm³/mol. The van der Waals surface area contributed by atoms with Gasteiger partial charge < -0.3 is 15.5 Å². The largest absolute Gasteiger partial charge is 0.355 e. The molecule has 0 aliphatic carbocycles. The second-order valence-corrected chi connectivity index (χ2v) is 6.60. The highest BCUT2D eigenvalue weighted by molar-refractivity contribution is 14.0. The van der Waals surface area contributed by atoms with Crippen LogP contribution in [0, 0.1) is 0 Å². The maximum atomic E-state index is 11.6. The second kappa shape index (κ2) is 11.4. The monoisotopic (exact) mass is 520 g/mol. The summed E-state index contributed by atoms with van der Waals surface area (Å²) in [5.41, 5.74) is 2.74. The van der Waals surface area contributed by atoms with E-state index in [9.17, 15) is 4.79 Å².